The van der Waals surface area contributed by atoms with Gasteiger partial charge in [0.05, 0.1) is 13.2 Å². The van der Waals surface area contributed by atoms with Crippen molar-refractivity contribution in [3.05, 3.63) is 72.1 Å². The van der Waals surface area contributed by atoms with Gasteiger partial charge in [-0.25, -0.2) is 18.7 Å². The molecule has 0 unspecified atom stereocenters. The molecule has 0 radical (unpaired) electrons. The minimum atomic E-state index is -0.504. The fourth-order valence-electron chi connectivity index (χ4n) is 3.31. The van der Waals surface area contributed by atoms with Crippen molar-refractivity contribution in [3.63, 3.8) is 0 Å². The summed E-state index contributed by atoms with van der Waals surface area (Å²) in [6.07, 6.45) is 3.65. The number of nitrogens with zero attached hydrogens (tertiary/aromatic N) is 2. The Morgan fingerprint density at radius 1 is 0.967 bits per heavy atom. The van der Waals surface area contributed by atoms with Crippen LogP contribution < -0.4 is 0 Å². The van der Waals surface area contributed by atoms with Crippen molar-refractivity contribution in [3.8, 4) is 22.5 Å². The van der Waals surface area contributed by atoms with E-state index in [0.29, 0.717) is 53.8 Å². The average Bonchev–Trinajstić information content (AvgIpc) is 2.79. The average molecular weight is 412 g/mol. The van der Waals surface area contributed by atoms with Crippen LogP contribution in [0.5, 0.6) is 0 Å². The minimum absolute atomic E-state index is 0.309. The maximum Gasteiger partial charge on any atom is 0.186 e. The SMILES string of the molecule is COCCC1COC(c2cnc(-c3ccc(-c4ccc(F)cc4)c(F)c3)nc2)OC1. The van der Waals surface area contributed by atoms with Crippen molar-refractivity contribution >= 4 is 0 Å². The lowest BCUT2D eigenvalue weighted by atomic mass is 10.0. The molecule has 0 spiro atoms. The summed E-state index contributed by atoms with van der Waals surface area (Å²) in [5.74, 6) is -0.0744. The molecule has 156 valence electrons. The third-order valence-electron chi connectivity index (χ3n) is 5.02. The third-order valence-corrected chi connectivity index (χ3v) is 5.02. The molecule has 0 N–H and O–H groups in total. The van der Waals surface area contributed by atoms with Crippen LogP contribution in [0.1, 0.15) is 18.3 Å². The number of benzene rings is 2. The Morgan fingerprint density at radius 3 is 2.27 bits per heavy atom. The maximum atomic E-state index is 14.6. The quantitative estimate of drug-likeness (QED) is 0.583. The third kappa shape index (κ3) is 4.70. The molecule has 1 aliphatic heterocycles. The number of hydrogen-bond acceptors (Lipinski definition) is 5. The zero-order chi connectivity index (χ0) is 20.9. The lowest BCUT2D eigenvalue weighted by Gasteiger charge is -2.29. The number of aromatic nitrogens is 2. The van der Waals surface area contributed by atoms with Crippen molar-refractivity contribution in [2.75, 3.05) is 26.9 Å². The highest BCUT2D eigenvalue weighted by atomic mass is 19.1. The Balaban J connectivity index is 1.44. The number of rotatable bonds is 6. The number of ether oxygens (including phenoxy) is 3. The first-order valence-corrected chi connectivity index (χ1v) is 9.74. The molecular formula is C23H22F2N2O3. The highest BCUT2D eigenvalue weighted by Crippen LogP contribution is 2.29. The maximum absolute atomic E-state index is 14.6. The molecule has 1 fully saturated rings. The van der Waals surface area contributed by atoms with Gasteiger partial charge in [0.2, 0.25) is 0 Å². The van der Waals surface area contributed by atoms with Gasteiger partial charge >= 0.3 is 0 Å². The lowest BCUT2D eigenvalue weighted by molar-refractivity contribution is -0.207. The van der Waals surface area contributed by atoms with Crippen molar-refractivity contribution in [2.45, 2.75) is 12.7 Å². The second-order valence-electron chi connectivity index (χ2n) is 7.19. The van der Waals surface area contributed by atoms with E-state index in [4.69, 9.17) is 14.2 Å². The summed E-state index contributed by atoms with van der Waals surface area (Å²) in [7, 11) is 1.68. The zero-order valence-electron chi connectivity index (χ0n) is 16.6. The highest BCUT2D eigenvalue weighted by molar-refractivity contribution is 5.68. The van der Waals surface area contributed by atoms with Crippen LogP contribution in [-0.2, 0) is 14.2 Å². The minimum Gasteiger partial charge on any atom is -0.385 e. The van der Waals surface area contributed by atoms with Gasteiger partial charge in [-0.1, -0.05) is 24.3 Å². The molecule has 7 heteroatoms. The largest absolute Gasteiger partial charge is 0.385 e. The molecule has 1 aliphatic rings. The Hall–Kier alpha value is -2.74. The normalized spacial score (nSPS) is 19.0. The first-order valence-electron chi connectivity index (χ1n) is 9.74. The van der Waals surface area contributed by atoms with E-state index in [0.717, 1.165) is 6.42 Å². The molecule has 1 aromatic heterocycles. The van der Waals surface area contributed by atoms with E-state index in [1.54, 1.807) is 43.8 Å². The lowest BCUT2D eigenvalue weighted by Crippen LogP contribution is -2.28. The van der Waals surface area contributed by atoms with Crippen molar-refractivity contribution < 1.29 is 23.0 Å². The first kappa shape index (κ1) is 20.5. The van der Waals surface area contributed by atoms with Crippen LogP contribution in [0.2, 0.25) is 0 Å². The van der Waals surface area contributed by atoms with Gasteiger partial charge in [0.15, 0.2) is 12.1 Å². The van der Waals surface area contributed by atoms with E-state index in [2.05, 4.69) is 9.97 Å². The van der Waals surface area contributed by atoms with E-state index in [1.165, 1.54) is 18.2 Å². The molecule has 0 saturated carbocycles. The predicted octanol–water partition coefficient (Wildman–Crippen LogP) is 4.79. The second kappa shape index (κ2) is 9.38. The molecule has 0 atom stereocenters. The molecule has 5 nitrogen and oxygen atoms in total. The molecule has 3 aromatic rings. The first-order chi connectivity index (χ1) is 14.6. The summed E-state index contributed by atoms with van der Waals surface area (Å²) in [4.78, 5) is 8.68. The van der Waals surface area contributed by atoms with Crippen LogP contribution in [0.25, 0.3) is 22.5 Å². The number of hydrogen-bond donors (Lipinski definition) is 0. The summed E-state index contributed by atoms with van der Waals surface area (Å²) in [5.41, 5.74) is 2.26. The Kier molecular flexibility index (Phi) is 6.42. The Morgan fingerprint density at radius 2 is 1.63 bits per heavy atom. The van der Waals surface area contributed by atoms with Gasteiger partial charge in [0, 0.05) is 48.7 Å². The van der Waals surface area contributed by atoms with Crippen LogP contribution in [0.4, 0.5) is 8.78 Å². The zero-order valence-corrected chi connectivity index (χ0v) is 16.6. The standard InChI is InChI=1S/C23H22F2N2O3/c1-28-9-8-15-13-29-23(30-14-15)18-11-26-22(27-12-18)17-4-7-20(21(25)10-17)16-2-5-19(24)6-3-16/h2-7,10-12,15,23H,8-9,13-14H2,1H3. The van der Waals surface area contributed by atoms with Crippen molar-refractivity contribution in [2.24, 2.45) is 5.92 Å². The predicted molar refractivity (Wildman–Crippen MR) is 107 cm³/mol. The summed E-state index contributed by atoms with van der Waals surface area (Å²) in [6, 6.07) is 10.5. The van der Waals surface area contributed by atoms with Gasteiger partial charge in [-0.15, -0.1) is 0 Å². The van der Waals surface area contributed by atoms with Crippen LogP contribution in [0, 0.1) is 17.6 Å². The fraction of sp³-hybridized carbons (Fsp3) is 0.304. The topological polar surface area (TPSA) is 53.5 Å². The summed E-state index contributed by atoms with van der Waals surface area (Å²) >= 11 is 0. The van der Waals surface area contributed by atoms with E-state index < -0.39 is 12.1 Å². The molecule has 0 amide bonds. The Labute approximate surface area is 173 Å². The van der Waals surface area contributed by atoms with Crippen molar-refractivity contribution in [1.82, 2.24) is 9.97 Å². The highest BCUT2D eigenvalue weighted by Gasteiger charge is 2.24. The van der Waals surface area contributed by atoms with Gasteiger partial charge in [0.25, 0.3) is 0 Å². The number of methoxy groups -OCH3 is 1. The monoisotopic (exact) mass is 412 g/mol. The second-order valence-corrected chi connectivity index (χ2v) is 7.19. The van der Waals surface area contributed by atoms with Gasteiger partial charge < -0.3 is 14.2 Å². The summed E-state index contributed by atoms with van der Waals surface area (Å²) in [5, 5.41) is 0. The molecule has 0 bridgehead atoms. The fourth-order valence-corrected chi connectivity index (χ4v) is 3.31. The summed E-state index contributed by atoms with van der Waals surface area (Å²) < 4.78 is 44.3. The van der Waals surface area contributed by atoms with Crippen LogP contribution >= 0.6 is 0 Å². The van der Waals surface area contributed by atoms with Crippen LogP contribution in [-0.4, -0.2) is 36.9 Å². The summed E-state index contributed by atoms with van der Waals surface area (Å²) in [6.45, 7) is 1.86. The van der Waals surface area contributed by atoms with Crippen LogP contribution in [0.3, 0.4) is 0 Å². The van der Waals surface area contributed by atoms with E-state index in [-0.39, 0.29) is 5.82 Å². The number of halogens is 2. The molecule has 1 saturated heterocycles. The van der Waals surface area contributed by atoms with Gasteiger partial charge in [-0.05, 0) is 30.2 Å². The molecule has 30 heavy (non-hydrogen) atoms. The van der Waals surface area contributed by atoms with Gasteiger partial charge in [-0.2, -0.15) is 0 Å². The molecule has 4 rings (SSSR count). The smallest absolute Gasteiger partial charge is 0.186 e. The van der Waals surface area contributed by atoms with E-state index >= 15 is 0 Å². The van der Waals surface area contributed by atoms with Gasteiger partial charge in [0.1, 0.15) is 11.6 Å². The van der Waals surface area contributed by atoms with E-state index in [9.17, 15) is 8.78 Å². The molecule has 0 aliphatic carbocycles. The van der Waals surface area contributed by atoms with Gasteiger partial charge in [-0.3, -0.25) is 0 Å². The molecular weight excluding hydrogens is 390 g/mol. The molecule has 2 aromatic carbocycles. The van der Waals surface area contributed by atoms with Crippen LogP contribution in [0.15, 0.2) is 54.9 Å². The Bertz CT molecular complexity index is 973. The molecule has 2 heterocycles. The van der Waals surface area contributed by atoms with E-state index in [1.807, 2.05) is 0 Å². The van der Waals surface area contributed by atoms with Crippen molar-refractivity contribution in [1.29, 1.82) is 0 Å².